The number of ether oxygens (including phenoxy) is 4. The second-order valence-electron chi connectivity index (χ2n) is 32.8. The zero-order chi connectivity index (χ0) is 78.6. The molecular weight excluding hydrogens is 1390 g/mol. The van der Waals surface area contributed by atoms with E-state index in [1.165, 1.54) is 276 Å². The van der Waals surface area contributed by atoms with E-state index in [4.69, 9.17) is 37.0 Å². The third-order valence-corrected chi connectivity index (χ3v) is 22.9. The van der Waals surface area contributed by atoms with Crippen LogP contribution in [0.3, 0.4) is 0 Å². The van der Waals surface area contributed by atoms with Gasteiger partial charge >= 0.3 is 39.5 Å². The topological polar surface area (TPSA) is 237 Å². The van der Waals surface area contributed by atoms with Crippen molar-refractivity contribution in [3.05, 3.63) is 0 Å². The molecule has 0 rings (SSSR count). The Morgan fingerprint density at radius 1 is 0.271 bits per heavy atom. The van der Waals surface area contributed by atoms with Gasteiger partial charge in [-0.3, -0.25) is 37.3 Å². The van der Waals surface area contributed by atoms with Crippen molar-refractivity contribution in [1.82, 2.24) is 0 Å². The molecule has 0 aliphatic rings. The van der Waals surface area contributed by atoms with Gasteiger partial charge in [-0.25, -0.2) is 9.13 Å². The summed E-state index contributed by atoms with van der Waals surface area (Å²) in [5.74, 6) is 0.335. The van der Waals surface area contributed by atoms with Crippen LogP contribution in [0.4, 0.5) is 0 Å². The number of phosphoric acid groups is 2. The molecule has 0 spiro atoms. The Morgan fingerprint density at radius 3 is 0.710 bits per heavy atom. The summed E-state index contributed by atoms with van der Waals surface area (Å²) in [6, 6.07) is 0. The number of aliphatic hydroxyl groups excluding tert-OH is 1. The number of phosphoric ester groups is 2. The van der Waals surface area contributed by atoms with Gasteiger partial charge in [-0.15, -0.1) is 0 Å². The average Bonchev–Trinajstić information content (AvgIpc) is 0.902. The Morgan fingerprint density at radius 2 is 0.477 bits per heavy atom. The van der Waals surface area contributed by atoms with E-state index < -0.39 is 97.5 Å². The van der Waals surface area contributed by atoms with Gasteiger partial charge in [0, 0.05) is 25.7 Å². The van der Waals surface area contributed by atoms with Crippen LogP contribution in [-0.4, -0.2) is 96.7 Å². The third kappa shape index (κ3) is 80.5. The van der Waals surface area contributed by atoms with E-state index >= 15 is 0 Å². The molecule has 0 amide bonds. The highest BCUT2D eigenvalue weighted by Gasteiger charge is 2.31. The van der Waals surface area contributed by atoms with Crippen molar-refractivity contribution < 1.29 is 80.2 Å². The zero-order valence-corrected chi connectivity index (χ0v) is 72.4. The molecule has 0 aliphatic heterocycles. The van der Waals surface area contributed by atoms with Gasteiger partial charge in [-0.2, -0.15) is 0 Å². The van der Waals surface area contributed by atoms with Crippen molar-refractivity contribution in [3.8, 4) is 0 Å². The molecule has 0 bridgehead atoms. The molecule has 0 heterocycles. The third-order valence-electron chi connectivity index (χ3n) is 21.0. The zero-order valence-electron chi connectivity index (χ0n) is 70.6. The normalized spacial score (nSPS) is 14.1. The minimum absolute atomic E-state index is 0.107. The monoisotopic (exact) mass is 1560 g/mol. The van der Waals surface area contributed by atoms with Crippen molar-refractivity contribution in [2.45, 2.75) is 484 Å². The maximum Gasteiger partial charge on any atom is 0.472 e. The van der Waals surface area contributed by atoms with Crippen molar-refractivity contribution >= 4 is 39.5 Å². The first-order valence-corrected chi connectivity index (χ1v) is 48.4. The van der Waals surface area contributed by atoms with Crippen LogP contribution in [0.25, 0.3) is 0 Å². The Hall–Kier alpha value is -1.94. The first kappa shape index (κ1) is 105. The van der Waals surface area contributed by atoms with Crippen molar-refractivity contribution in [1.29, 1.82) is 0 Å². The van der Waals surface area contributed by atoms with Gasteiger partial charge in [-0.05, 0) is 43.4 Å². The van der Waals surface area contributed by atoms with Crippen LogP contribution < -0.4 is 0 Å². The van der Waals surface area contributed by atoms with Crippen molar-refractivity contribution in [3.63, 3.8) is 0 Å². The first-order valence-electron chi connectivity index (χ1n) is 45.4. The maximum absolute atomic E-state index is 13.2. The van der Waals surface area contributed by atoms with E-state index in [1.54, 1.807) is 0 Å². The Bertz CT molecular complexity index is 2060. The summed E-state index contributed by atoms with van der Waals surface area (Å²) < 4.78 is 69.0. The number of carbonyl (C=O) groups is 4. The number of hydrogen-bond donors (Lipinski definition) is 3. The van der Waals surface area contributed by atoms with Crippen LogP contribution in [0.5, 0.6) is 0 Å². The molecular formula is C88H172O17P2. The van der Waals surface area contributed by atoms with Crippen LogP contribution in [0.15, 0.2) is 0 Å². The minimum Gasteiger partial charge on any atom is -0.462 e. The molecule has 0 saturated heterocycles. The van der Waals surface area contributed by atoms with E-state index in [-0.39, 0.29) is 25.7 Å². The molecule has 0 fully saturated rings. The molecule has 0 saturated carbocycles. The summed E-state index contributed by atoms with van der Waals surface area (Å²) in [5, 5.41) is 10.7. The molecule has 636 valence electrons. The van der Waals surface area contributed by atoms with Crippen LogP contribution >= 0.6 is 15.6 Å². The highest BCUT2D eigenvalue weighted by atomic mass is 31.2. The van der Waals surface area contributed by atoms with Crippen molar-refractivity contribution in [2.75, 3.05) is 39.6 Å². The van der Waals surface area contributed by atoms with Gasteiger partial charge in [0.2, 0.25) is 0 Å². The SMILES string of the molecule is CCCCCCCCCCCCCCCC(=O)OC[C@H](COP(=O)(O)OC[C@H](O)COP(=O)(O)OC[C@@H](COC(=O)CCCCCCCCCCCCCCCCCCC(C)C)OC(=O)CCCCCCCCCCCCCCCCCCCCC(C)C)OC(=O)CCCCCCCCCCCCC(C)CC. The largest absolute Gasteiger partial charge is 0.472 e. The van der Waals surface area contributed by atoms with Crippen molar-refractivity contribution in [2.24, 2.45) is 17.8 Å². The molecule has 3 unspecified atom stereocenters. The molecule has 6 atom stereocenters. The molecule has 0 aromatic rings. The molecule has 0 aliphatic carbocycles. The molecule has 0 radical (unpaired) electrons. The Kier molecular flexibility index (Phi) is 76.6. The fourth-order valence-electron chi connectivity index (χ4n) is 13.7. The lowest BCUT2D eigenvalue weighted by Crippen LogP contribution is -2.30. The van der Waals surface area contributed by atoms with Crippen LogP contribution in [0.1, 0.15) is 466 Å². The Balaban J connectivity index is 5.25. The quantitative estimate of drug-likeness (QED) is 0.0222. The average molecular weight is 1560 g/mol. The maximum atomic E-state index is 13.2. The van der Waals surface area contributed by atoms with E-state index in [0.29, 0.717) is 25.7 Å². The molecule has 0 aromatic heterocycles. The number of carbonyl (C=O) groups excluding carboxylic acids is 4. The number of esters is 4. The first-order chi connectivity index (χ1) is 51.8. The van der Waals surface area contributed by atoms with Gasteiger partial charge < -0.3 is 33.8 Å². The summed E-state index contributed by atoms with van der Waals surface area (Å²) in [6.45, 7) is 12.1. The number of aliphatic hydroxyl groups is 1. The fraction of sp³-hybridized carbons (Fsp3) is 0.955. The van der Waals surface area contributed by atoms with Gasteiger partial charge in [0.05, 0.1) is 26.4 Å². The van der Waals surface area contributed by atoms with Gasteiger partial charge in [0.25, 0.3) is 0 Å². The molecule has 17 nitrogen and oxygen atoms in total. The van der Waals surface area contributed by atoms with E-state index in [1.807, 2.05) is 0 Å². The predicted molar refractivity (Wildman–Crippen MR) is 441 cm³/mol. The number of rotatable bonds is 86. The summed E-state index contributed by atoms with van der Waals surface area (Å²) in [4.78, 5) is 73.3. The highest BCUT2D eigenvalue weighted by molar-refractivity contribution is 7.47. The lowest BCUT2D eigenvalue weighted by Gasteiger charge is -2.21. The summed E-state index contributed by atoms with van der Waals surface area (Å²) >= 11 is 0. The van der Waals surface area contributed by atoms with Crippen LogP contribution in [-0.2, 0) is 65.4 Å². The molecule has 0 aromatic carbocycles. The van der Waals surface area contributed by atoms with Gasteiger partial charge in [0.1, 0.15) is 19.3 Å². The number of unbranched alkanes of at least 4 members (excludes halogenated alkanes) is 53. The van der Waals surface area contributed by atoms with E-state index in [2.05, 4.69) is 48.5 Å². The Labute approximate surface area is 658 Å². The smallest absolute Gasteiger partial charge is 0.462 e. The van der Waals surface area contributed by atoms with Gasteiger partial charge in [0.15, 0.2) is 12.2 Å². The van der Waals surface area contributed by atoms with E-state index in [0.717, 1.165) is 108 Å². The molecule has 19 heteroatoms. The summed E-state index contributed by atoms with van der Waals surface area (Å²) in [7, 11) is -9.93. The lowest BCUT2D eigenvalue weighted by atomic mass is 9.99. The number of hydrogen-bond acceptors (Lipinski definition) is 15. The molecule has 3 N–H and O–H groups in total. The second kappa shape index (κ2) is 78.0. The van der Waals surface area contributed by atoms with Gasteiger partial charge in [-0.1, -0.05) is 414 Å². The summed E-state index contributed by atoms with van der Waals surface area (Å²) in [6.07, 6.45) is 69.3. The summed E-state index contributed by atoms with van der Waals surface area (Å²) in [5.41, 5.74) is 0. The fourth-order valence-corrected chi connectivity index (χ4v) is 15.3. The van der Waals surface area contributed by atoms with E-state index in [9.17, 15) is 43.2 Å². The molecule has 107 heavy (non-hydrogen) atoms. The minimum atomic E-state index is -4.97. The predicted octanol–water partition coefficient (Wildman–Crippen LogP) is 26.9. The lowest BCUT2D eigenvalue weighted by molar-refractivity contribution is -0.161. The second-order valence-corrected chi connectivity index (χ2v) is 35.7. The highest BCUT2D eigenvalue weighted by Crippen LogP contribution is 2.45. The standard InChI is InChI=1S/C88H172O17P2/c1-8-10-11-12-13-14-15-26-33-41-48-55-62-69-85(90)98-76-84(105-88(93)72-65-58-51-44-37-36-40-47-54-61-68-81(7)9-2)78-103-107(96,97)101-74-82(89)73-100-106(94,95)102-77-83(75-99-86(91)70-63-56-49-42-34-29-24-21-20-23-28-32-39-46-53-60-67-80(5)6)104-87(92)71-64-57-50-43-35-30-25-19-17-16-18-22-27-31-38-45-52-59-66-79(3)4/h79-84,89H,8-78H2,1-7H3,(H,94,95)(H,96,97)/t81?,82-,83-,84-/m1/s1. The van der Waals surface area contributed by atoms with Crippen LogP contribution in [0.2, 0.25) is 0 Å². The van der Waals surface area contributed by atoms with Crippen LogP contribution in [0, 0.1) is 17.8 Å².